The quantitative estimate of drug-likeness (QED) is 0.515. The maximum Gasteiger partial charge on any atom is 0.236 e. The number of nitrogens with zero attached hydrogens (tertiary/aromatic N) is 3. The number of piperidine rings is 1. The summed E-state index contributed by atoms with van der Waals surface area (Å²) in [6.07, 6.45) is 11.2. The van der Waals surface area contributed by atoms with Gasteiger partial charge in [0.2, 0.25) is 11.8 Å². The van der Waals surface area contributed by atoms with Crippen LogP contribution in [0.1, 0.15) is 36.8 Å². The van der Waals surface area contributed by atoms with Gasteiger partial charge in [-0.3, -0.25) is 14.6 Å². The molecule has 0 spiro atoms. The lowest BCUT2D eigenvalue weighted by Gasteiger charge is -2.37. The fourth-order valence-electron chi connectivity index (χ4n) is 6.09. The molecule has 4 heterocycles. The molecule has 3 atom stereocenters. The predicted molar refractivity (Wildman–Crippen MR) is 154 cm³/mol. The van der Waals surface area contributed by atoms with Gasteiger partial charge >= 0.3 is 0 Å². The number of ether oxygens (including phenoxy) is 2. The van der Waals surface area contributed by atoms with Gasteiger partial charge in [-0.1, -0.05) is 12.2 Å². The van der Waals surface area contributed by atoms with Gasteiger partial charge in [-0.2, -0.15) is 0 Å². The van der Waals surface area contributed by atoms with Crippen LogP contribution in [-0.4, -0.2) is 74.2 Å². The first-order valence-electron chi connectivity index (χ1n) is 14.4. The summed E-state index contributed by atoms with van der Waals surface area (Å²) >= 11 is 0. The summed E-state index contributed by atoms with van der Waals surface area (Å²) in [6, 6.07) is 10.5. The van der Waals surface area contributed by atoms with E-state index in [1.807, 2.05) is 29.2 Å². The van der Waals surface area contributed by atoms with E-state index in [4.69, 9.17) is 9.47 Å². The van der Waals surface area contributed by atoms with E-state index in [0.29, 0.717) is 45.2 Å². The number of nitrogens with one attached hydrogen (secondary N) is 2. The van der Waals surface area contributed by atoms with E-state index in [9.17, 15) is 9.59 Å². The molecule has 5 rings (SSSR count). The van der Waals surface area contributed by atoms with Crippen molar-refractivity contribution in [2.24, 2.45) is 11.8 Å². The van der Waals surface area contributed by atoms with E-state index in [2.05, 4.69) is 38.7 Å². The maximum absolute atomic E-state index is 13.1. The zero-order chi connectivity index (χ0) is 27.7. The highest BCUT2D eigenvalue weighted by molar-refractivity contribution is 5.79. The van der Waals surface area contributed by atoms with Crippen molar-refractivity contribution in [1.29, 1.82) is 0 Å². The smallest absolute Gasteiger partial charge is 0.236 e. The van der Waals surface area contributed by atoms with E-state index in [-0.39, 0.29) is 30.2 Å². The Morgan fingerprint density at radius 2 is 2.05 bits per heavy atom. The molecule has 1 aromatic carbocycles. The first kappa shape index (κ1) is 28.1. The minimum atomic E-state index is 0.0336. The number of fused-ring (bicyclic) bond motifs is 3. The Bertz CT molecular complexity index is 1170. The first-order valence-corrected chi connectivity index (χ1v) is 14.4. The summed E-state index contributed by atoms with van der Waals surface area (Å²) in [4.78, 5) is 34.3. The molecule has 2 amide bonds. The molecule has 3 aliphatic rings. The number of carbonyl (C=O) groups excluding carboxylic acids is 2. The summed E-state index contributed by atoms with van der Waals surface area (Å²) in [5.74, 6) is 1.22. The lowest BCUT2D eigenvalue weighted by Crippen LogP contribution is -2.47. The lowest BCUT2D eigenvalue weighted by molar-refractivity contribution is -0.132. The van der Waals surface area contributed by atoms with Gasteiger partial charge in [-0.25, -0.2) is 0 Å². The Labute approximate surface area is 236 Å². The fourth-order valence-corrected chi connectivity index (χ4v) is 6.09. The Morgan fingerprint density at radius 3 is 2.90 bits per heavy atom. The second-order valence-electron chi connectivity index (χ2n) is 11.0. The van der Waals surface area contributed by atoms with Gasteiger partial charge in [0.05, 0.1) is 19.2 Å². The number of methoxy groups -OCH3 is 1. The number of anilines is 1. The van der Waals surface area contributed by atoms with Crippen molar-refractivity contribution in [2.45, 2.75) is 44.8 Å². The van der Waals surface area contributed by atoms with Crippen molar-refractivity contribution in [3.05, 3.63) is 66.0 Å². The molecule has 2 bridgehead atoms. The molecule has 2 aromatic rings. The van der Waals surface area contributed by atoms with E-state index >= 15 is 0 Å². The zero-order valence-corrected chi connectivity index (χ0v) is 23.4. The van der Waals surface area contributed by atoms with Crippen molar-refractivity contribution in [1.82, 2.24) is 20.5 Å². The normalized spacial score (nSPS) is 23.4. The Balaban J connectivity index is 1.25. The summed E-state index contributed by atoms with van der Waals surface area (Å²) in [5.41, 5.74) is 3.24. The summed E-state index contributed by atoms with van der Waals surface area (Å²) in [5, 5.41) is 6.39. The molecule has 0 saturated carbocycles. The molecule has 0 aliphatic carbocycles. The van der Waals surface area contributed by atoms with Crippen LogP contribution >= 0.6 is 0 Å². The number of carbonyl (C=O) groups is 2. The molecule has 40 heavy (non-hydrogen) atoms. The molecule has 2 saturated heterocycles. The number of hydrogen-bond donors (Lipinski definition) is 2. The molecule has 1 aromatic heterocycles. The van der Waals surface area contributed by atoms with Crippen LogP contribution in [0.15, 0.2) is 54.9 Å². The Morgan fingerprint density at radius 1 is 1.18 bits per heavy atom. The van der Waals surface area contributed by atoms with Crippen molar-refractivity contribution < 1.29 is 19.1 Å². The van der Waals surface area contributed by atoms with Gasteiger partial charge < -0.3 is 29.9 Å². The monoisotopic (exact) mass is 547 g/mol. The largest absolute Gasteiger partial charge is 0.489 e. The highest BCUT2D eigenvalue weighted by Gasteiger charge is 2.31. The highest BCUT2D eigenvalue weighted by Crippen LogP contribution is 2.31. The van der Waals surface area contributed by atoms with Gasteiger partial charge in [-0.05, 0) is 67.0 Å². The van der Waals surface area contributed by atoms with Crippen molar-refractivity contribution in [3.63, 3.8) is 0 Å². The van der Waals surface area contributed by atoms with Gasteiger partial charge in [0.25, 0.3) is 0 Å². The highest BCUT2D eigenvalue weighted by atomic mass is 16.5. The van der Waals surface area contributed by atoms with Gasteiger partial charge in [0, 0.05) is 69.9 Å². The molecule has 2 fully saturated rings. The van der Waals surface area contributed by atoms with Crippen LogP contribution in [0.5, 0.6) is 5.75 Å². The molecule has 2 N–H and O–H groups in total. The fraction of sp³-hybridized carbons (Fsp3) is 0.516. The number of amides is 2. The number of benzene rings is 1. The summed E-state index contributed by atoms with van der Waals surface area (Å²) in [6.45, 7) is 4.77. The van der Waals surface area contributed by atoms with Crippen LogP contribution in [0, 0.1) is 11.8 Å². The molecular weight excluding hydrogens is 506 g/mol. The van der Waals surface area contributed by atoms with E-state index in [1.54, 1.807) is 19.5 Å². The molecule has 214 valence electrons. The van der Waals surface area contributed by atoms with E-state index in [1.165, 1.54) is 5.69 Å². The average Bonchev–Trinajstić information content (AvgIpc) is 3.44. The molecule has 0 unspecified atom stereocenters. The molecule has 0 radical (unpaired) electrons. The average molecular weight is 548 g/mol. The van der Waals surface area contributed by atoms with E-state index < -0.39 is 0 Å². The van der Waals surface area contributed by atoms with Gasteiger partial charge in [0.15, 0.2) is 0 Å². The van der Waals surface area contributed by atoms with Crippen LogP contribution in [0.4, 0.5) is 5.69 Å². The third-order valence-corrected chi connectivity index (χ3v) is 8.27. The topological polar surface area (TPSA) is 96.0 Å². The second kappa shape index (κ2) is 13.8. The van der Waals surface area contributed by atoms with Crippen molar-refractivity contribution >= 4 is 17.5 Å². The Kier molecular flexibility index (Phi) is 9.67. The molecule has 9 nitrogen and oxygen atoms in total. The molecular formula is C31H41N5O4. The maximum atomic E-state index is 13.1. The molecule has 3 aliphatic heterocycles. The number of rotatable bonds is 7. The number of pyridine rings is 1. The molecule has 9 heteroatoms. The van der Waals surface area contributed by atoms with Crippen LogP contribution in [0.2, 0.25) is 0 Å². The SMILES string of the molecule is COC[C@@H]1CCCN1c1ccc2c(c1)CNCC(=O)N1CC[C@@H](CC(=O)NCc3ccncc3)[C@@H](C=CCO2)C1. The van der Waals surface area contributed by atoms with Gasteiger partial charge in [-0.15, -0.1) is 0 Å². The Hall–Kier alpha value is -3.43. The summed E-state index contributed by atoms with van der Waals surface area (Å²) in [7, 11) is 1.76. The summed E-state index contributed by atoms with van der Waals surface area (Å²) < 4.78 is 11.7. The van der Waals surface area contributed by atoms with Crippen molar-refractivity contribution in [2.75, 3.05) is 51.4 Å². The first-order chi connectivity index (χ1) is 19.6. The van der Waals surface area contributed by atoms with E-state index in [0.717, 1.165) is 49.3 Å². The zero-order valence-electron chi connectivity index (χ0n) is 23.4. The van der Waals surface area contributed by atoms with Crippen LogP contribution < -0.4 is 20.3 Å². The number of hydrogen-bond acceptors (Lipinski definition) is 7. The second-order valence-corrected chi connectivity index (χ2v) is 11.0. The van der Waals surface area contributed by atoms with Crippen LogP contribution in [0.3, 0.4) is 0 Å². The standard InChI is InChI=1S/C31H41N5O4/c1-39-22-28-5-2-13-36(28)27-6-7-29-26(16-27)19-33-20-31(38)35-14-10-24(25(21-35)4-3-15-40-29)17-30(37)34-18-23-8-11-32-12-9-23/h3-4,6-9,11-12,16,24-25,28,33H,2,5,10,13-15,17-22H2,1H3,(H,34,37)/t24-,25-,28-/m0/s1. The minimum Gasteiger partial charge on any atom is -0.489 e. The number of aromatic nitrogens is 1. The third-order valence-electron chi connectivity index (χ3n) is 8.27. The third kappa shape index (κ3) is 7.20. The predicted octanol–water partition coefficient (Wildman–Crippen LogP) is 2.91. The van der Waals surface area contributed by atoms with Crippen LogP contribution in [-0.2, 0) is 27.4 Å². The minimum absolute atomic E-state index is 0.0336. The lowest BCUT2D eigenvalue weighted by atomic mass is 9.82. The van der Waals surface area contributed by atoms with Crippen molar-refractivity contribution in [3.8, 4) is 5.75 Å². The van der Waals surface area contributed by atoms with Crippen LogP contribution in [0.25, 0.3) is 0 Å². The van der Waals surface area contributed by atoms with Gasteiger partial charge in [0.1, 0.15) is 12.4 Å².